The number of nitrogens with one attached hydrogen (secondary N) is 1. The van der Waals surface area contributed by atoms with Crippen molar-refractivity contribution in [1.29, 1.82) is 0 Å². The van der Waals surface area contributed by atoms with Gasteiger partial charge in [-0.25, -0.2) is 13.1 Å². The van der Waals surface area contributed by atoms with Gasteiger partial charge in [0.25, 0.3) is 0 Å². The molecule has 0 amide bonds. The lowest BCUT2D eigenvalue weighted by atomic mass is 9.73. The van der Waals surface area contributed by atoms with Gasteiger partial charge in [-0.05, 0) is 79.5 Å². The molecule has 2 bridgehead atoms. The topological polar surface area (TPSA) is 49.4 Å². The fraction of sp³-hybridized carbons (Fsp3) is 0.636. The molecule has 1 aliphatic heterocycles. The van der Waals surface area contributed by atoms with Crippen LogP contribution in [0.2, 0.25) is 0 Å². The number of likely N-dealkylation sites (tertiary alicyclic amines) is 1. The van der Waals surface area contributed by atoms with Crippen molar-refractivity contribution < 1.29 is 9.84 Å². The van der Waals surface area contributed by atoms with Crippen LogP contribution in [0.5, 0.6) is 0 Å². The van der Waals surface area contributed by atoms with E-state index in [1.807, 2.05) is 6.07 Å². The van der Waals surface area contributed by atoms with E-state index in [0.29, 0.717) is 0 Å². The molecule has 4 nitrogen and oxygen atoms in total. The highest BCUT2D eigenvalue weighted by atomic mass is 32.2. The second-order valence-electron chi connectivity index (χ2n) is 9.36. The first-order valence-corrected chi connectivity index (χ1v) is 12.3. The van der Waals surface area contributed by atoms with Gasteiger partial charge in [0.05, 0.1) is 6.26 Å². The summed E-state index contributed by atoms with van der Waals surface area (Å²) in [6.45, 7) is 3.52. The van der Waals surface area contributed by atoms with Crippen molar-refractivity contribution in [2.45, 2.75) is 43.6 Å². The summed E-state index contributed by atoms with van der Waals surface area (Å²) in [7, 11) is -3.20. The quantitative estimate of drug-likeness (QED) is 0.804. The number of hydrogen-bond acceptors (Lipinski definition) is 3. The summed E-state index contributed by atoms with van der Waals surface area (Å²) in [6.07, 6.45) is 12.1. The van der Waals surface area contributed by atoms with E-state index >= 15 is 0 Å². The Morgan fingerprint density at radius 3 is 2.63 bits per heavy atom. The van der Waals surface area contributed by atoms with Crippen molar-refractivity contribution in [3.05, 3.63) is 47.5 Å². The molecular weight excluding hydrogens is 356 g/mol. The molecule has 5 rings (SSSR count). The molecule has 0 unspecified atom stereocenters. The number of benzene rings is 1. The Morgan fingerprint density at radius 2 is 1.96 bits per heavy atom. The lowest BCUT2D eigenvalue weighted by molar-refractivity contribution is 0.129. The van der Waals surface area contributed by atoms with Gasteiger partial charge < -0.3 is 4.90 Å². The summed E-state index contributed by atoms with van der Waals surface area (Å²) in [5.74, 6) is 2.52. The Hall–Kier alpha value is -1.17. The fourth-order valence-electron chi connectivity index (χ4n) is 6.33. The molecule has 0 radical (unpaired) electrons. The molecule has 1 spiro atoms. The minimum absolute atomic E-state index is 0. The highest BCUT2D eigenvalue weighted by Gasteiger charge is 2.46. The predicted octanol–water partition coefficient (Wildman–Crippen LogP) is 3.47. The molecule has 1 aromatic rings. The van der Waals surface area contributed by atoms with E-state index in [0.717, 1.165) is 50.1 Å². The van der Waals surface area contributed by atoms with Crippen LogP contribution >= 0.6 is 0 Å². The molecule has 27 heavy (non-hydrogen) atoms. The first kappa shape index (κ1) is 17.9. The molecule has 1 saturated carbocycles. The van der Waals surface area contributed by atoms with Crippen molar-refractivity contribution in [3.63, 3.8) is 0 Å². The van der Waals surface area contributed by atoms with Gasteiger partial charge in [0.15, 0.2) is 0 Å². The summed E-state index contributed by atoms with van der Waals surface area (Å²) in [5, 5.41) is 0. The molecule has 3 aliphatic carbocycles. The standard InChI is InChI=1S/C22H30N2O2S.H2/c1-27(25,26)23-21-14-22(20-5-3-2-4-19(20)21)8-10-24(11-9-22)15-18-13-16-6-7-17(18)12-16;/h2-7,16-18,21,23H,8-15H2,1H3;1H/t16-,17+,18+,21-;/m0./s1. The number of piperidine rings is 1. The third kappa shape index (κ3) is 3.28. The van der Waals surface area contributed by atoms with E-state index in [1.165, 1.54) is 36.8 Å². The number of hydrogen-bond donors (Lipinski definition) is 1. The van der Waals surface area contributed by atoms with E-state index in [4.69, 9.17) is 0 Å². The van der Waals surface area contributed by atoms with E-state index in [1.54, 1.807) is 0 Å². The number of rotatable bonds is 4. The van der Waals surface area contributed by atoms with Crippen molar-refractivity contribution in [3.8, 4) is 0 Å². The van der Waals surface area contributed by atoms with Gasteiger partial charge in [-0.15, -0.1) is 0 Å². The molecule has 5 heteroatoms. The van der Waals surface area contributed by atoms with Gasteiger partial charge in [-0.3, -0.25) is 0 Å². The zero-order chi connectivity index (χ0) is 18.6. The van der Waals surface area contributed by atoms with Crippen molar-refractivity contribution in [2.75, 3.05) is 25.9 Å². The van der Waals surface area contributed by atoms with Crippen LogP contribution in [0.15, 0.2) is 36.4 Å². The maximum absolute atomic E-state index is 11.9. The smallest absolute Gasteiger partial charge is 0.209 e. The van der Waals surface area contributed by atoms with Crippen molar-refractivity contribution in [2.24, 2.45) is 17.8 Å². The molecule has 1 aromatic carbocycles. The van der Waals surface area contributed by atoms with Crippen LogP contribution in [0, 0.1) is 17.8 Å². The first-order valence-electron chi connectivity index (χ1n) is 10.4. The van der Waals surface area contributed by atoms with E-state index in [9.17, 15) is 8.42 Å². The number of allylic oxidation sites excluding steroid dienone is 2. The van der Waals surface area contributed by atoms with Gasteiger partial charge in [-0.1, -0.05) is 36.4 Å². The Bertz CT molecular complexity index is 861. The second kappa shape index (κ2) is 6.43. The molecule has 4 atom stereocenters. The lowest BCUT2D eigenvalue weighted by Gasteiger charge is -2.41. The van der Waals surface area contributed by atoms with Crippen LogP contribution < -0.4 is 4.72 Å². The van der Waals surface area contributed by atoms with Gasteiger partial charge >= 0.3 is 0 Å². The minimum Gasteiger partial charge on any atom is -0.303 e. The first-order chi connectivity index (χ1) is 12.9. The number of fused-ring (bicyclic) bond motifs is 4. The zero-order valence-corrected chi connectivity index (χ0v) is 16.9. The summed E-state index contributed by atoms with van der Waals surface area (Å²) in [6, 6.07) is 8.42. The Kier molecular flexibility index (Phi) is 4.26. The Balaban J connectivity index is 0.00000192. The van der Waals surface area contributed by atoms with Crippen molar-refractivity contribution in [1.82, 2.24) is 9.62 Å². The van der Waals surface area contributed by atoms with Gasteiger partial charge in [0.1, 0.15) is 0 Å². The Morgan fingerprint density at radius 1 is 1.19 bits per heavy atom. The molecule has 1 N–H and O–H groups in total. The molecule has 1 saturated heterocycles. The van der Waals surface area contributed by atoms with Crippen LogP contribution in [-0.4, -0.2) is 39.2 Å². The molecule has 1 heterocycles. The summed E-state index contributed by atoms with van der Waals surface area (Å²) < 4.78 is 26.6. The van der Waals surface area contributed by atoms with Crippen LogP contribution in [-0.2, 0) is 15.4 Å². The second-order valence-corrected chi connectivity index (χ2v) is 11.1. The normalized spacial score (nSPS) is 34.4. The Labute approximate surface area is 164 Å². The van der Waals surface area contributed by atoms with E-state index in [-0.39, 0.29) is 12.9 Å². The van der Waals surface area contributed by atoms with Crippen LogP contribution in [0.3, 0.4) is 0 Å². The molecule has 0 aromatic heterocycles. The third-order valence-electron chi connectivity index (χ3n) is 7.58. The zero-order valence-electron chi connectivity index (χ0n) is 16.1. The van der Waals surface area contributed by atoms with Crippen molar-refractivity contribution >= 4 is 10.0 Å². The van der Waals surface area contributed by atoms with Crippen LogP contribution in [0.4, 0.5) is 0 Å². The highest BCUT2D eigenvalue weighted by Crippen LogP contribution is 2.51. The number of nitrogens with zero attached hydrogens (tertiary/aromatic N) is 1. The van der Waals surface area contributed by atoms with E-state index < -0.39 is 10.0 Å². The average Bonchev–Trinajstić information content (AvgIpc) is 3.31. The van der Waals surface area contributed by atoms with Gasteiger partial charge in [0, 0.05) is 14.0 Å². The summed E-state index contributed by atoms with van der Waals surface area (Å²) >= 11 is 0. The fourth-order valence-corrected chi connectivity index (χ4v) is 7.06. The van der Waals surface area contributed by atoms with Gasteiger partial charge in [-0.2, -0.15) is 0 Å². The molecule has 4 aliphatic rings. The SMILES string of the molecule is CS(=O)(=O)N[C@H]1CC2(CCN(C[C@H]3C[C@H]4C=C[C@@H]3C4)CC2)c2ccccc21.[HH]. The van der Waals surface area contributed by atoms with Crippen LogP contribution in [0.25, 0.3) is 0 Å². The molecule has 2 fully saturated rings. The predicted molar refractivity (Wildman–Crippen MR) is 110 cm³/mol. The molecule has 148 valence electrons. The maximum atomic E-state index is 11.9. The highest BCUT2D eigenvalue weighted by molar-refractivity contribution is 7.88. The third-order valence-corrected chi connectivity index (χ3v) is 8.29. The minimum atomic E-state index is -3.20. The lowest BCUT2D eigenvalue weighted by Crippen LogP contribution is -2.44. The van der Waals surface area contributed by atoms with Crippen LogP contribution in [0.1, 0.15) is 50.7 Å². The monoisotopic (exact) mass is 388 g/mol. The largest absolute Gasteiger partial charge is 0.303 e. The number of sulfonamides is 1. The van der Waals surface area contributed by atoms with E-state index in [2.05, 4.69) is 40.0 Å². The maximum Gasteiger partial charge on any atom is 0.209 e. The average molecular weight is 389 g/mol. The summed E-state index contributed by atoms with van der Waals surface area (Å²) in [5.41, 5.74) is 2.72. The summed E-state index contributed by atoms with van der Waals surface area (Å²) in [4.78, 5) is 2.67. The molecular formula is C22H32N2O2S. The van der Waals surface area contributed by atoms with Gasteiger partial charge in [0.2, 0.25) is 10.0 Å².